The minimum atomic E-state index is -1.36. The number of carboxylic acid groups (broad SMARTS) is 1. The zero-order valence-corrected chi connectivity index (χ0v) is 17.8. The molecule has 1 aromatic carbocycles. The van der Waals surface area contributed by atoms with Crippen molar-refractivity contribution >= 4 is 35.0 Å². The Hall–Kier alpha value is -2.65. The fourth-order valence-corrected chi connectivity index (χ4v) is 4.15. The zero-order valence-electron chi connectivity index (χ0n) is 17.0. The Balaban J connectivity index is 0.00000272. The van der Waals surface area contributed by atoms with Crippen molar-refractivity contribution < 1.29 is 23.4 Å². The maximum absolute atomic E-state index is 15.3. The number of hydrogen-bond acceptors (Lipinski definition) is 5. The number of nitrogens with zero attached hydrogens (tertiary/aromatic N) is 2. The van der Waals surface area contributed by atoms with E-state index >= 15 is 4.39 Å². The van der Waals surface area contributed by atoms with E-state index in [4.69, 9.17) is 10.5 Å². The second kappa shape index (κ2) is 8.84. The smallest absolute Gasteiger partial charge is 0.341 e. The van der Waals surface area contributed by atoms with Crippen LogP contribution in [0.15, 0.2) is 28.5 Å². The monoisotopic (exact) mass is 455 g/mol. The van der Waals surface area contributed by atoms with Crippen LogP contribution in [0.2, 0.25) is 0 Å². The molecule has 31 heavy (non-hydrogen) atoms. The molecule has 0 unspecified atom stereocenters. The van der Waals surface area contributed by atoms with Gasteiger partial charge in [-0.1, -0.05) is 0 Å². The lowest BCUT2D eigenvalue weighted by atomic mass is 10.0. The maximum Gasteiger partial charge on any atom is 0.341 e. The van der Waals surface area contributed by atoms with E-state index in [1.54, 1.807) is 9.47 Å². The van der Waals surface area contributed by atoms with Crippen LogP contribution in [0.3, 0.4) is 0 Å². The lowest BCUT2D eigenvalue weighted by molar-refractivity contribution is 0.0695. The van der Waals surface area contributed by atoms with Gasteiger partial charge in [0.1, 0.15) is 17.1 Å². The second-order valence-electron chi connectivity index (χ2n) is 7.69. The van der Waals surface area contributed by atoms with Crippen LogP contribution in [0.4, 0.5) is 14.5 Å². The van der Waals surface area contributed by atoms with Gasteiger partial charge in [-0.15, -0.1) is 12.4 Å². The van der Waals surface area contributed by atoms with E-state index < -0.39 is 28.6 Å². The van der Waals surface area contributed by atoms with E-state index in [-0.39, 0.29) is 48.4 Å². The summed E-state index contributed by atoms with van der Waals surface area (Å²) >= 11 is 0. The Morgan fingerprint density at radius 3 is 2.68 bits per heavy atom. The second-order valence-corrected chi connectivity index (χ2v) is 7.69. The number of aromatic carboxylic acids is 1. The minimum Gasteiger partial charge on any atom is -0.492 e. The summed E-state index contributed by atoms with van der Waals surface area (Å²) in [6, 6.07) is 1.09. The number of ether oxygens (including phenoxy) is 1. The van der Waals surface area contributed by atoms with Gasteiger partial charge in [0.2, 0.25) is 5.43 Å². The van der Waals surface area contributed by atoms with Crippen molar-refractivity contribution in [3.8, 4) is 5.75 Å². The molecule has 4 rings (SSSR count). The SMILES string of the molecule is COc1c(N2CCCC(=C(F)CN)C2)c(F)cc2c(=O)c(C(=O)O)cn(C3CC3)c12.Cl. The molecule has 168 valence electrons. The van der Waals surface area contributed by atoms with Crippen molar-refractivity contribution in [3.05, 3.63) is 45.3 Å². The Kier molecular flexibility index (Phi) is 6.56. The number of halogens is 3. The average Bonchev–Trinajstić information content (AvgIpc) is 3.58. The molecule has 3 N–H and O–H groups in total. The lowest BCUT2D eigenvalue weighted by Crippen LogP contribution is -2.33. The first-order valence-corrected chi connectivity index (χ1v) is 9.87. The summed E-state index contributed by atoms with van der Waals surface area (Å²) in [6.45, 7) is 0.448. The number of fused-ring (bicyclic) bond motifs is 1. The number of anilines is 1. The first kappa shape index (κ1) is 23.0. The number of nitrogens with two attached hydrogens (primary N) is 1. The van der Waals surface area contributed by atoms with Crippen LogP contribution in [0.25, 0.3) is 10.9 Å². The molecule has 7 nitrogen and oxygen atoms in total. The molecule has 0 atom stereocenters. The van der Waals surface area contributed by atoms with Gasteiger partial charge in [-0.05, 0) is 37.3 Å². The van der Waals surface area contributed by atoms with Crippen molar-refractivity contribution in [2.75, 3.05) is 31.6 Å². The molecule has 2 heterocycles. The highest BCUT2D eigenvalue weighted by molar-refractivity contribution is 5.97. The summed E-state index contributed by atoms with van der Waals surface area (Å²) in [5.41, 5.74) is 5.29. The number of hydrogen-bond donors (Lipinski definition) is 2. The van der Waals surface area contributed by atoms with Gasteiger partial charge in [0.25, 0.3) is 0 Å². The standard InChI is InChI=1S/C21H23F2N3O4.ClH/c1-30-20-17-13(19(27)14(21(28)29)10-26(17)12-4-5-12)7-15(22)18(20)25-6-2-3-11(9-25)16(23)8-24;/h7,10,12H,2-6,8-9,24H2,1H3,(H,28,29);1H. The molecule has 1 saturated carbocycles. The van der Waals surface area contributed by atoms with Crippen molar-refractivity contribution in [3.63, 3.8) is 0 Å². The van der Waals surface area contributed by atoms with Crippen LogP contribution >= 0.6 is 12.4 Å². The minimum absolute atomic E-state index is 0. The van der Waals surface area contributed by atoms with Crippen LogP contribution in [0.1, 0.15) is 42.1 Å². The third-order valence-electron chi connectivity index (χ3n) is 5.74. The highest BCUT2D eigenvalue weighted by Crippen LogP contribution is 2.44. The van der Waals surface area contributed by atoms with E-state index in [1.165, 1.54) is 13.3 Å². The van der Waals surface area contributed by atoms with Crippen LogP contribution in [0, 0.1) is 5.82 Å². The van der Waals surface area contributed by atoms with Gasteiger partial charge < -0.3 is 25.0 Å². The Bertz CT molecular complexity index is 1130. The number of piperidine rings is 1. The fraction of sp³-hybridized carbons (Fsp3) is 0.429. The molecule has 0 bridgehead atoms. The number of pyridine rings is 1. The molecule has 1 aliphatic carbocycles. The Morgan fingerprint density at radius 2 is 2.10 bits per heavy atom. The molecule has 2 aromatic rings. The number of methoxy groups -OCH3 is 1. The first-order valence-electron chi connectivity index (χ1n) is 9.87. The van der Waals surface area contributed by atoms with Gasteiger partial charge in [0, 0.05) is 31.9 Å². The van der Waals surface area contributed by atoms with Gasteiger partial charge >= 0.3 is 5.97 Å². The quantitative estimate of drug-likeness (QED) is 0.717. The number of benzene rings is 1. The summed E-state index contributed by atoms with van der Waals surface area (Å²) in [4.78, 5) is 26.0. The number of carbonyl (C=O) groups is 1. The number of carboxylic acids is 1. The van der Waals surface area contributed by atoms with Crippen LogP contribution in [-0.4, -0.2) is 42.4 Å². The van der Waals surface area contributed by atoms with Gasteiger partial charge in [0.15, 0.2) is 11.6 Å². The average molecular weight is 456 g/mol. The molecule has 1 aliphatic heterocycles. The molecular formula is C21H24ClF2N3O4. The van der Waals surface area contributed by atoms with E-state index in [0.29, 0.717) is 30.5 Å². The predicted molar refractivity (Wildman–Crippen MR) is 116 cm³/mol. The van der Waals surface area contributed by atoms with Crippen molar-refractivity contribution in [1.29, 1.82) is 0 Å². The number of aromatic nitrogens is 1. The Morgan fingerprint density at radius 1 is 1.39 bits per heavy atom. The van der Waals surface area contributed by atoms with Gasteiger partial charge in [-0.2, -0.15) is 0 Å². The van der Waals surface area contributed by atoms with Gasteiger partial charge in [0.05, 0.1) is 18.0 Å². The Labute approximate surface area is 183 Å². The highest BCUT2D eigenvalue weighted by atomic mass is 35.5. The van der Waals surface area contributed by atoms with Gasteiger partial charge in [-0.3, -0.25) is 4.79 Å². The van der Waals surface area contributed by atoms with E-state index in [1.807, 2.05) is 0 Å². The van der Waals surface area contributed by atoms with Gasteiger partial charge in [-0.25, -0.2) is 13.6 Å². The normalized spacial score (nSPS) is 18.0. The summed E-state index contributed by atoms with van der Waals surface area (Å²) in [7, 11) is 1.38. The molecule has 10 heteroatoms. The van der Waals surface area contributed by atoms with E-state index in [0.717, 1.165) is 18.9 Å². The van der Waals surface area contributed by atoms with E-state index in [9.17, 15) is 19.1 Å². The predicted octanol–water partition coefficient (Wildman–Crippen LogP) is 3.39. The molecule has 0 spiro atoms. The molecule has 0 radical (unpaired) electrons. The largest absolute Gasteiger partial charge is 0.492 e. The summed E-state index contributed by atoms with van der Waals surface area (Å²) in [6.07, 6.45) is 4.13. The topological polar surface area (TPSA) is 97.8 Å². The molecule has 2 aliphatic rings. The molecule has 1 aromatic heterocycles. The van der Waals surface area contributed by atoms with Crippen molar-refractivity contribution in [2.45, 2.75) is 31.7 Å². The highest BCUT2D eigenvalue weighted by Gasteiger charge is 2.32. The fourth-order valence-electron chi connectivity index (χ4n) is 4.15. The molecule has 0 amide bonds. The summed E-state index contributed by atoms with van der Waals surface area (Å²) < 4.78 is 36.6. The van der Waals surface area contributed by atoms with Crippen LogP contribution in [0.5, 0.6) is 5.75 Å². The maximum atomic E-state index is 15.3. The number of rotatable bonds is 5. The lowest BCUT2D eigenvalue weighted by Gasteiger charge is -2.33. The van der Waals surface area contributed by atoms with Crippen LogP contribution in [-0.2, 0) is 0 Å². The van der Waals surface area contributed by atoms with Crippen molar-refractivity contribution in [2.24, 2.45) is 5.73 Å². The third-order valence-corrected chi connectivity index (χ3v) is 5.74. The third kappa shape index (κ3) is 3.99. The molecule has 2 fully saturated rings. The summed E-state index contributed by atoms with van der Waals surface area (Å²) in [5, 5.41) is 9.37. The molecule has 1 saturated heterocycles. The molecular weight excluding hydrogens is 432 g/mol. The summed E-state index contributed by atoms with van der Waals surface area (Å²) in [5.74, 6) is -2.32. The zero-order chi connectivity index (χ0) is 21.6. The van der Waals surface area contributed by atoms with E-state index in [2.05, 4.69) is 0 Å². The van der Waals surface area contributed by atoms with Crippen molar-refractivity contribution in [1.82, 2.24) is 4.57 Å². The first-order chi connectivity index (χ1) is 14.4. The van der Waals surface area contributed by atoms with Crippen LogP contribution < -0.4 is 20.8 Å².